The first-order valence-electron chi connectivity index (χ1n) is 6.30. The van der Waals surface area contributed by atoms with Gasteiger partial charge in [0.2, 0.25) is 0 Å². The highest BCUT2D eigenvalue weighted by atomic mass is 16.5. The number of hydrogen-bond donors (Lipinski definition) is 0. The predicted molar refractivity (Wildman–Crippen MR) is 65.4 cm³/mol. The zero-order valence-corrected chi connectivity index (χ0v) is 11.3. The van der Waals surface area contributed by atoms with Crippen molar-refractivity contribution >= 4 is 0 Å². The van der Waals surface area contributed by atoms with Gasteiger partial charge in [-0.25, -0.2) is 0 Å². The molecule has 0 spiro atoms. The molecule has 92 valence electrons. The van der Waals surface area contributed by atoms with Crippen molar-refractivity contribution in [2.24, 2.45) is 11.8 Å². The Hall–Kier alpha value is -0.340. The Morgan fingerprint density at radius 1 is 1.12 bits per heavy atom. The Morgan fingerprint density at radius 3 is 1.88 bits per heavy atom. The van der Waals surface area contributed by atoms with Gasteiger partial charge in [0, 0.05) is 18.9 Å². The van der Waals surface area contributed by atoms with E-state index in [9.17, 15) is 0 Å². The van der Waals surface area contributed by atoms with E-state index < -0.39 is 0 Å². The van der Waals surface area contributed by atoms with Gasteiger partial charge in [0.1, 0.15) is 0 Å². The Bertz CT molecular complexity index is 293. The molecule has 0 N–H and O–H groups in total. The smallest absolute Gasteiger partial charge is 0.0900 e. The van der Waals surface area contributed by atoms with Gasteiger partial charge in [-0.15, -0.1) is 0 Å². The maximum Gasteiger partial charge on any atom is 0.0900 e. The van der Waals surface area contributed by atoms with Crippen LogP contribution < -0.4 is 0 Å². The summed E-state index contributed by atoms with van der Waals surface area (Å²) in [5.41, 5.74) is -0.425. The van der Waals surface area contributed by atoms with E-state index in [2.05, 4.69) is 46.8 Å². The first-order chi connectivity index (χ1) is 7.34. The van der Waals surface area contributed by atoms with E-state index in [0.717, 1.165) is 6.42 Å². The first kappa shape index (κ1) is 12.1. The standard InChI is InChI=1S/C14H24O2/c1-7-14(15-6)10(2)12(4)8-9-13(5,16-12)11(14)3/h8-11H,7H2,1-6H3/t10-,11+,12+,13-,14-. The molecule has 0 aromatic carbocycles. The lowest BCUT2D eigenvalue weighted by Gasteiger charge is -2.57. The van der Waals surface area contributed by atoms with Crippen LogP contribution in [0.1, 0.15) is 41.0 Å². The zero-order chi connectivity index (χ0) is 12.2. The van der Waals surface area contributed by atoms with Gasteiger partial charge in [-0.1, -0.05) is 32.9 Å². The quantitative estimate of drug-likeness (QED) is 0.671. The molecule has 2 rings (SSSR count). The lowest BCUT2D eigenvalue weighted by molar-refractivity contribution is -0.261. The van der Waals surface area contributed by atoms with Crippen molar-refractivity contribution in [3.05, 3.63) is 12.2 Å². The van der Waals surface area contributed by atoms with Crippen LogP contribution in [0.3, 0.4) is 0 Å². The summed E-state index contributed by atoms with van der Waals surface area (Å²) in [6, 6.07) is 0. The second-order valence-corrected chi connectivity index (χ2v) is 5.76. The third kappa shape index (κ3) is 1.20. The molecule has 0 aromatic rings. The van der Waals surface area contributed by atoms with Crippen LogP contribution >= 0.6 is 0 Å². The summed E-state index contributed by atoms with van der Waals surface area (Å²) < 4.78 is 12.2. The van der Waals surface area contributed by atoms with Crippen molar-refractivity contribution in [1.29, 1.82) is 0 Å². The Kier molecular flexibility index (Phi) is 2.52. The van der Waals surface area contributed by atoms with Crippen LogP contribution in [0.15, 0.2) is 12.2 Å². The van der Waals surface area contributed by atoms with Crippen LogP contribution in [0.2, 0.25) is 0 Å². The summed E-state index contributed by atoms with van der Waals surface area (Å²) in [4.78, 5) is 0. The van der Waals surface area contributed by atoms with Crippen molar-refractivity contribution in [3.8, 4) is 0 Å². The average molecular weight is 224 g/mol. The van der Waals surface area contributed by atoms with E-state index in [1.54, 1.807) is 0 Å². The summed E-state index contributed by atoms with van der Waals surface area (Å²) in [5, 5.41) is 0. The summed E-state index contributed by atoms with van der Waals surface area (Å²) in [7, 11) is 1.84. The fourth-order valence-corrected chi connectivity index (χ4v) is 3.79. The van der Waals surface area contributed by atoms with Crippen molar-refractivity contribution in [1.82, 2.24) is 0 Å². The largest absolute Gasteiger partial charge is 0.377 e. The summed E-state index contributed by atoms with van der Waals surface area (Å²) in [5.74, 6) is 0.744. The van der Waals surface area contributed by atoms with Crippen LogP contribution in [0.4, 0.5) is 0 Å². The third-order valence-corrected chi connectivity index (χ3v) is 5.30. The molecule has 2 aliphatic rings. The van der Waals surface area contributed by atoms with Gasteiger partial charge in [0.05, 0.1) is 16.8 Å². The molecule has 2 bridgehead atoms. The molecule has 0 amide bonds. The molecule has 0 aromatic heterocycles. The summed E-state index contributed by atoms with van der Waals surface area (Å²) in [6.45, 7) is 11.1. The zero-order valence-electron chi connectivity index (χ0n) is 11.3. The molecular formula is C14H24O2. The first-order valence-corrected chi connectivity index (χ1v) is 6.30. The molecule has 1 fully saturated rings. The highest BCUT2D eigenvalue weighted by Crippen LogP contribution is 2.56. The lowest BCUT2D eigenvalue weighted by Crippen LogP contribution is -2.64. The maximum absolute atomic E-state index is 6.26. The van der Waals surface area contributed by atoms with Gasteiger partial charge in [0.25, 0.3) is 0 Å². The Labute approximate surface area is 99.0 Å². The fourth-order valence-electron chi connectivity index (χ4n) is 3.79. The molecule has 16 heavy (non-hydrogen) atoms. The maximum atomic E-state index is 6.26. The molecule has 0 unspecified atom stereocenters. The highest BCUT2D eigenvalue weighted by molar-refractivity contribution is 5.27. The van der Waals surface area contributed by atoms with Crippen LogP contribution in [0.5, 0.6) is 0 Å². The van der Waals surface area contributed by atoms with Crippen molar-refractivity contribution in [2.45, 2.75) is 57.8 Å². The molecule has 2 heterocycles. The third-order valence-electron chi connectivity index (χ3n) is 5.30. The Morgan fingerprint density at radius 2 is 1.56 bits per heavy atom. The summed E-state index contributed by atoms with van der Waals surface area (Å²) >= 11 is 0. The monoisotopic (exact) mass is 224 g/mol. The van der Waals surface area contributed by atoms with Gasteiger partial charge in [-0.2, -0.15) is 0 Å². The average Bonchev–Trinajstić information content (AvgIpc) is 2.56. The SMILES string of the molecule is CC[C@]1(OC)[C@@H](C)[C@@]2(C)C=C[C@](C)(O2)[C@H]1C. The fraction of sp³-hybridized carbons (Fsp3) is 0.857. The number of fused-ring (bicyclic) bond motifs is 2. The summed E-state index contributed by atoms with van der Waals surface area (Å²) in [6.07, 6.45) is 5.48. The van der Waals surface area contributed by atoms with Crippen molar-refractivity contribution < 1.29 is 9.47 Å². The predicted octanol–water partition coefficient (Wildman–Crippen LogP) is 3.17. The van der Waals surface area contributed by atoms with Gasteiger partial charge in [0.15, 0.2) is 0 Å². The van der Waals surface area contributed by atoms with Crippen LogP contribution in [-0.2, 0) is 9.47 Å². The normalized spacial score (nSPS) is 55.6. The highest BCUT2D eigenvalue weighted by Gasteiger charge is 2.62. The molecule has 2 heteroatoms. The number of methoxy groups -OCH3 is 1. The van der Waals surface area contributed by atoms with E-state index in [1.165, 1.54) is 0 Å². The molecule has 2 aliphatic heterocycles. The Balaban J connectivity index is 2.50. The second-order valence-electron chi connectivity index (χ2n) is 5.76. The van der Waals surface area contributed by atoms with Gasteiger partial charge in [-0.3, -0.25) is 0 Å². The molecule has 0 radical (unpaired) electrons. The van der Waals surface area contributed by atoms with E-state index in [1.807, 2.05) is 7.11 Å². The van der Waals surface area contributed by atoms with Crippen LogP contribution in [0.25, 0.3) is 0 Å². The lowest BCUT2D eigenvalue weighted by atomic mass is 9.64. The van der Waals surface area contributed by atoms with E-state index in [4.69, 9.17) is 9.47 Å². The van der Waals surface area contributed by atoms with E-state index in [0.29, 0.717) is 11.8 Å². The molecule has 2 nitrogen and oxygen atoms in total. The number of hydrogen-bond acceptors (Lipinski definition) is 2. The molecular weight excluding hydrogens is 200 g/mol. The van der Waals surface area contributed by atoms with Gasteiger partial charge in [-0.05, 0) is 20.3 Å². The van der Waals surface area contributed by atoms with Crippen molar-refractivity contribution in [2.75, 3.05) is 7.11 Å². The van der Waals surface area contributed by atoms with Crippen molar-refractivity contribution in [3.63, 3.8) is 0 Å². The minimum Gasteiger partial charge on any atom is -0.377 e. The second kappa shape index (κ2) is 3.33. The topological polar surface area (TPSA) is 18.5 Å². The molecule has 1 saturated heterocycles. The van der Waals surface area contributed by atoms with E-state index in [-0.39, 0.29) is 16.8 Å². The van der Waals surface area contributed by atoms with E-state index >= 15 is 0 Å². The number of ether oxygens (including phenoxy) is 2. The molecule has 0 aliphatic carbocycles. The van der Waals surface area contributed by atoms with Crippen LogP contribution in [-0.4, -0.2) is 23.9 Å². The minimum absolute atomic E-state index is 0.0781. The van der Waals surface area contributed by atoms with Crippen LogP contribution in [0, 0.1) is 11.8 Å². The van der Waals surface area contributed by atoms with Gasteiger partial charge >= 0.3 is 0 Å². The molecule has 0 saturated carbocycles. The molecule has 5 atom stereocenters. The minimum atomic E-state index is -0.173. The van der Waals surface area contributed by atoms with Gasteiger partial charge < -0.3 is 9.47 Å². The number of rotatable bonds is 2.